The number of hydrogen-bond acceptors (Lipinski definition) is 2. The van der Waals surface area contributed by atoms with Gasteiger partial charge in [-0.3, -0.25) is 4.79 Å². The molecule has 0 heterocycles. The van der Waals surface area contributed by atoms with E-state index in [1.807, 2.05) is 20.8 Å². The third-order valence-corrected chi connectivity index (χ3v) is 2.86. The molecule has 0 saturated carbocycles. The van der Waals surface area contributed by atoms with Gasteiger partial charge in [-0.1, -0.05) is 18.8 Å². The number of carbonyl (C=O) groups is 1. The molecule has 1 rings (SSSR count). The molecule has 3 nitrogen and oxygen atoms in total. The Bertz CT molecular complexity index is 529. The van der Waals surface area contributed by atoms with Crippen molar-refractivity contribution in [3.05, 3.63) is 35.1 Å². The maximum Gasteiger partial charge on any atom is 0.257 e. The van der Waals surface area contributed by atoms with Crippen molar-refractivity contribution in [1.82, 2.24) is 4.90 Å². The van der Waals surface area contributed by atoms with Gasteiger partial charge in [0.1, 0.15) is 12.4 Å². The Morgan fingerprint density at radius 1 is 1.45 bits per heavy atom. The van der Waals surface area contributed by atoms with Gasteiger partial charge < -0.3 is 10.0 Å². The molecule has 0 fully saturated rings. The number of carbonyl (C=O) groups excluding carboxylic acids is 1. The zero-order valence-electron chi connectivity index (χ0n) is 12.1. The molecule has 0 saturated heterocycles. The first-order chi connectivity index (χ1) is 9.51. The van der Waals surface area contributed by atoms with Crippen LogP contribution in [0.15, 0.2) is 18.2 Å². The molecule has 1 aromatic rings. The van der Waals surface area contributed by atoms with Crippen molar-refractivity contribution in [2.75, 3.05) is 13.2 Å². The van der Waals surface area contributed by atoms with Crippen LogP contribution in [0, 0.1) is 17.7 Å². The summed E-state index contributed by atoms with van der Waals surface area (Å²) < 4.78 is 13.9. The standard InChI is InChI=1S/C16H20FNO2/c1-4-9-18(12(2)3)16(20)14-11-13(6-5-10-19)7-8-15(14)17/h7-8,11-12,19H,4,9-10H2,1-3H3. The van der Waals surface area contributed by atoms with Gasteiger partial charge in [-0.25, -0.2) is 4.39 Å². The third-order valence-electron chi connectivity index (χ3n) is 2.86. The van der Waals surface area contributed by atoms with E-state index >= 15 is 0 Å². The summed E-state index contributed by atoms with van der Waals surface area (Å²) in [4.78, 5) is 14.1. The topological polar surface area (TPSA) is 40.5 Å². The molecule has 0 aliphatic carbocycles. The van der Waals surface area contributed by atoms with Gasteiger partial charge in [0.15, 0.2) is 0 Å². The fraction of sp³-hybridized carbons (Fsp3) is 0.438. The monoisotopic (exact) mass is 277 g/mol. The molecule has 0 aliphatic heterocycles. The van der Waals surface area contributed by atoms with Crippen molar-refractivity contribution >= 4 is 5.91 Å². The molecule has 1 aromatic carbocycles. The lowest BCUT2D eigenvalue weighted by atomic mass is 10.1. The molecule has 0 aliphatic rings. The summed E-state index contributed by atoms with van der Waals surface area (Å²) >= 11 is 0. The van der Waals surface area contributed by atoms with Gasteiger partial charge in [0.2, 0.25) is 0 Å². The highest BCUT2D eigenvalue weighted by Crippen LogP contribution is 2.15. The lowest BCUT2D eigenvalue weighted by Crippen LogP contribution is -2.38. The Labute approximate surface area is 119 Å². The summed E-state index contributed by atoms with van der Waals surface area (Å²) in [5.74, 6) is 4.29. The summed E-state index contributed by atoms with van der Waals surface area (Å²) in [6.45, 7) is 6.10. The van der Waals surface area contributed by atoms with Crippen LogP contribution in [-0.2, 0) is 0 Å². The highest BCUT2D eigenvalue weighted by molar-refractivity contribution is 5.95. The van der Waals surface area contributed by atoms with Crippen molar-refractivity contribution in [2.45, 2.75) is 33.2 Å². The lowest BCUT2D eigenvalue weighted by Gasteiger charge is -2.26. The lowest BCUT2D eigenvalue weighted by molar-refractivity contribution is 0.0701. The second-order valence-corrected chi connectivity index (χ2v) is 4.75. The van der Waals surface area contributed by atoms with Crippen molar-refractivity contribution < 1.29 is 14.3 Å². The van der Waals surface area contributed by atoms with E-state index in [2.05, 4.69) is 11.8 Å². The SMILES string of the molecule is CCCN(C(=O)c1cc(C#CCO)ccc1F)C(C)C. The first kappa shape index (κ1) is 16.2. The Hall–Kier alpha value is -1.86. The number of rotatable bonds is 4. The summed E-state index contributed by atoms with van der Waals surface area (Å²) in [7, 11) is 0. The largest absolute Gasteiger partial charge is 0.384 e. The van der Waals surface area contributed by atoms with E-state index in [4.69, 9.17) is 5.11 Å². The van der Waals surface area contributed by atoms with E-state index < -0.39 is 5.82 Å². The van der Waals surface area contributed by atoms with Crippen molar-refractivity contribution in [3.63, 3.8) is 0 Å². The van der Waals surface area contributed by atoms with Crippen molar-refractivity contribution in [2.24, 2.45) is 0 Å². The highest BCUT2D eigenvalue weighted by Gasteiger charge is 2.21. The van der Waals surface area contributed by atoms with Crippen LogP contribution < -0.4 is 0 Å². The number of aliphatic hydroxyl groups is 1. The van der Waals surface area contributed by atoms with Gasteiger partial charge in [0.25, 0.3) is 5.91 Å². The van der Waals surface area contributed by atoms with E-state index in [-0.39, 0.29) is 24.1 Å². The molecule has 1 N–H and O–H groups in total. The Morgan fingerprint density at radius 3 is 2.70 bits per heavy atom. The predicted molar refractivity (Wildman–Crippen MR) is 76.8 cm³/mol. The van der Waals surface area contributed by atoms with Gasteiger partial charge in [-0.15, -0.1) is 0 Å². The molecular formula is C16H20FNO2. The van der Waals surface area contributed by atoms with E-state index in [9.17, 15) is 9.18 Å². The number of hydrogen-bond donors (Lipinski definition) is 1. The minimum absolute atomic E-state index is 0.00836. The van der Waals surface area contributed by atoms with Crippen LogP contribution in [0.2, 0.25) is 0 Å². The molecule has 0 bridgehead atoms. The number of amides is 1. The average Bonchev–Trinajstić information content (AvgIpc) is 2.42. The molecule has 4 heteroatoms. The van der Waals surface area contributed by atoms with Crippen LogP contribution in [0.4, 0.5) is 4.39 Å². The van der Waals surface area contributed by atoms with Gasteiger partial charge >= 0.3 is 0 Å². The van der Waals surface area contributed by atoms with E-state index in [1.165, 1.54) is 18.2 Å². The number of benzene rings is 1. The summed E-state index contributed by atoms with van der Waals surface area (Å²) in [5, 5.41) is 8.67. The maximum atomic E-state index is 13.9. The third kappa shape index (κ3) is 4.07. The summed E-state index contributed by atoms with van der Waals surface area (Å²) in [6, 6.07) is 4.17. The smallest absolute Gasteiger partial charge is 0.257 e. The molecule has 20 heavy (non-hydrogen) atoms. The minimum Gasteiger partial charge on any atom is -0.384 e. The molecule has 0 unspecified atom stereocenters. The molecule has 0 aromatic heterocycles. The number of aliphatic hydroxyl groups excluding tert-OH is 1. The molecule has 0 spiro atoms. The van der Waals surface area contributed by atoms with E-state index in [0.29, 0.717) is 12.1 Å². The molecule has 108 valence electrons. The fourth-order valence-corrected chi connectivity index (χ4v) is 1.90. The average molecular weight is 277 g/mol. The van der Waals surface area contributed by atoms with Crippen LogP contribution in [0.1, 0.15) is 43.1 Å². The Balaban J connectivity index is 3.13. The zero-order valence-corrected chi connectivity index (χ0v) is 12.1. The molecule has 1 amide bonds. The van der Waals surface area contributed by atoms with Gasteiger partial charge in [0, 0.05) is 18.2 Å². The molecule has 0 radical (unpaired) electrons. The normalized spacial score (nSPS) is 10.1. The number of halogens is 1. The second kappa shape index (κ2) is 7.66. The number of nitrogens with zero attached hydrogens (tertiary/aromatic N) is 1. The first-order valence-corrected chi connectivity index (χ1v) is 6.71. The van der Waals surface area contributed by atoms with Crippen molar-refractivity contribution in [3.8, 4) is 11.8 Å². The fourth-order valence-electron chi connectivity index (χ4n) is 1.90. The quantitative estimate of drug-likeness (QED) is 0.859. The van der Waals surface area contributed by atoms with Gasteiger partial charge in [-0.05, 0) is 38.5 Å². The van der Waals surface area contributed by atoms with Gasteiger partial charge in [0.05, 0.1) is 5.56 Å². The van der Waals surface area contributed by atoms with Crippen LogP contribution in [0.25, 0.3) is 0 Å². The van der Waals surface area contributed by atoms with Gasteiger partial charge in [-0.2, -0.15) is 0 Å². The van der Waals surface area contributed by atoms with Crippen molar-refractivity contribution in [1.29, 1.82) is 0 Å². The highest BCUT2D eigenvalue weighted by atomic mass is 19.1. The summed E-state index contributed by atoms with van der Waals surface area (Å²) in [5.41, 5.74) is 0.542. The Morgan fingerprint density at radius 2 is 2.15 bits per heavy atom. The second-order valence-electron chi connectivity index (χ2n) is 4.75. The van der Waals surface area contributed by atoms with Crippen LogP contribution in [0.3, 0.4) is 0 Å². The predicted octanol–water partition coefficient (Wildman–Crippen LogP) is 2.43. The summed E-state index contributed by atoms with van der Waals surface area (Å²) in [6.07, 6.45) is 0.815. The van der Waals surface area contributed by atoms with Crippen LogP contribution in [-0.4, -0.2) is 35.1 Å². The van der Waals surface area contributed by atoms with Crippen LogP contribution >= 0.6 is 0 Å². The molecule has 0 atom stereocenters. The van der Waals surface area contributed by atoms with Crippen LogP contribution in [0.5, 0.6) is 0 Å². The first-order valence-electron chi connectivity index (χ1n) is 6.71. The Kier molecular flexibility index (Phi) is 6.20. The maximum absolute atomic E-state index is 13.9. The zero-order chi connectivity index (χ0) is 15.1. The minimum atomic E-state index is -0.550. The van der Waals surface area contributed by atoms with E-state index in [0.717, 1.165) is 6.42 Å². The van der Waals surface area contributed by atoms with E-state index in [1.54, 1.807) is 4.90 Å². The molecular weight excluding hydrogens is 257 g/mol.